The number of carbonyl (C=O) groups is 2. The van der Waals surface area contributed by atoms with Gasteiger partial charge in [-0.2, -0.15) is 0 Å². The zero-order valence-electron chi connectivity index (χ0n) is 14.4. The zero-order valence-corrected chi connectivity index (χ0v) is 15.2. The molecule has 0 heterocycles. The van der Waals surface area contributed by atoms with Crippen molar-refractivity contribution in [2.75, 3.05) is 10.6 Å². The van der Waals surface area contributed by atoms with Crippen molar-refractivity contribution in [2.45, 2.75) is 6.92 Å². The fourth-order valence-corrected chi connectivity index (χ4v) is 2.73. The van der Waals surface area contributed by atoms with Gasteiger partial charge in [-0.25, -0.2) is 4.39 Å². The fraction of sp³-hybridized carbons (Fsp3) is 0.0476. The van der Waals surface area contributed by atoms with Crippen LogP contribution in [0, 0.1) is 12.7 Å². The minimum atomic E-state index is -0.390. The summed E-state index contributed by atoms with van der Waals surface area (Å²) in [5.41, 5.74) is 2.61. The molecule has 27 heavy (non-hydrogen) atoms. The standard InChI is InChI=1S/C21H16ClFN2O2/c1-13-11-16(22)5-10-19(13)25-21(27)15-4-2-3-14(12-15)20(26)24-18-8-6-17(23)7-9-18/h2-12H,1H3,(H,24,26)(H,25,27). The highest BCUT2D eigenvalue weighted by Gasteiger charge is 2.12. The molecule has 4 nitrogen and oxygen atoms in total. The molecule has 0 aromatic heterocycles. The Hall–Kier alpha value is -3.18. The van der Waals surface area contributed by atoms with Crippen LogP contribution in [0.1, 0.15) is 26.3 Å². The first-order valence-electron chi connectivity index (χ1n) is 8.17. The van der Waals surface area contributed by atoms with E-state index in [1.165, 1.54) is 30.3 Å². The Kier molecular flexibility index (Phi) is 5.52. The minimum absolute atomic E-state index is 0.319. The summed E-state index contributed by atoms with van der Waals surface area (Å²) in [7, 11) is 0. The van der Waals surface area contributed by atoms with Gasteiger partial charge in [-0.05, 0) is 73.2 Å². The van der Waals surface area contributed by atoms with Crippen molar-refractivity contribution in [3.8, 4) is 0 Å². The summed E-state index contributed by atoms with van der Waals surface area (Å²) in [4.78, 5) is 24.9. The SMILES string of the molecule is Cc1cc(Cl)ccc1NC(=O)c1cccc(C(=O)Nc2ccc(F)cc2)c1. The van der Waals surface area contributed by atoms with Gasteiger partial charge in [-0.1, -0.05) is 17.7 Å². The molecule has 0 spiro atoms. The summed E-state index contributed by atoms with van der Waals surface area (Å²) in [6.45, 7) is 1.84. The molecule has 2 N–H and O–H groups in total. The van der Waals surface area contributed by atoms with Crippen LogP contribution < -0.4 is 10.6 Å². The van der Waals surface area contributed by atoms with Crippen molar-refractivity contribution in [1.29, 1.82) is 0 Å². The molecule has 0 saturated heterocycles. The first-order chi connectivity index (χ1) is 12.9. The lowest BCUT2D eigenvalue weighted by Crippen LogP contribution is -2.16. The second kappa shape index (κ2) is 8.01. The van der Waals surface area contributed by atoms with Crippen molar-refractivity contribution in [1.82, 2.24) is 0 Å². The summed E-state index contributed by atoms with van der Waals surface area (Å²) in [6.07, 6.45) is 0. The molecule has 3 aromatic rings. The molecule has 0 unspecified atom stereocenters. The number of benzene rings is 3. The van der Waals surface area contributed by atoms with Gasteiger partial charge < -0.3 is 10.6 Å². The lowest BCUT2D eigenvalue weighted by molar-refractivity contribution is 0.102. The molecule has 0 aliphatic rings. The van der Waals surface area contributed by atoms with Crippen LogP contribution in [0.4, 0.5) is 15.8 Å². The van der Waals surface area contributed by atoms with Crippen LogP contribution in [0.5, 0.6) is 0 Å². The van der Waals surface area contributed by atoms with E-state index in [0.717, 1.165) is 5.56 Å². The third-order valence-electron chi connectivity index (χ3n) is 3.93. The predicted octanol–water partition coefficient (Wildman–Crippen LogP) is 5.29. The third kappa shape index (κ3) is 4.71. The monoisotopic (exact) mass is 382 g/mol. The highest BCUT2D eigenvalue weighted by Crippen LogP contribution is 2.20. The smallest absolute Gasteiger partial charge is 0.255 e. The molecule has 0 fully saturated rings. The van der Waals surface area contributed by atoms with Gasteiger partial charge in [0, 0.05) is 27.5 Å². The van der Waals surface area contributed by atoms with Crippen LogP contribution in [0.15, 0.2) is 66.7 Å². The Morgan fingerprint density at radius 3 is 2.11 bits per heavy atom. The Morgan fingerprint density at radius 1 is 0.852 bits per heavy atom. The van der Waals surface area contributed by atoms with Crippen molar-refractivity contribution in [3.63, 3.8) is 0 Å². The van der Waals surface area contributed by atoms with E-state index in [1.807, 2.05) is 6.92 Å². The maximum absolute atomic E-state index is 13.0. The van der Waals surface area contributed by atoms with E-state index in [2.05, 4.69) is 10.6 Å². The summed E-state index contributed by atoms with van der Waals surface area (Å²) in [5.74, 6) is -1.11. The number of anilines is 2. The number of hydrogen-bond acceptors (Lipinski definition) is 2. The van der Waals surface area contributed by atoms with Gasteiger partial charge in [0.05, 0.1) is 0 Å². The van der Waals surface area contributed by atoms with E-state index in [4.69, 9.17) is 11.6 Å². The highest BCUT2D eigenvalue weighted by atomic mass is 35.5. The van der Waals surface area contributed by atoms with Gasteiger partial charge in [0.1, 0.15) is 5.82 Å². The average molecular weight is 383 g/mol. The molecule has 0 atom stereocenters. The molecule has 0 bridgehead atoms. The van der Waals surface area contributed by atoms with Crippen molar-refractivity contribution < 1.29 is 14.0 Å². The summed E-state index contributed by atoms with van der Waals surface area (Å²) >= 11 is 5.92. The maximum atomic E-state index is 13.0. The van der Waals surface area contributed by atoms with E-state index < -0.39 is 0 Å². The molecule has 0 radical (unpaired) electrons. The van der Waals surface area contributed by atoms with Gasteiger partial charge in [-0.15, -0.1) is 0 Å². The third-order valence-corrected chi connectivity index (χ3v) is 4.16. The van der Waals surface area contributed by atoms with E-state index in [1.54, 1.807) is 36.4 Å². The van der Waals surface area contributed by atoms with Crippen LogP contribution in [-0.4, -0.2) is 11.8 Å². The lowest BCUT2D eigenvalue weighted by Gasteiger charge is -2.10. The number of rotatable bonds is 4. The Balaban J connectivity index is 1.75. The second-order valence-electron chi connectivity index (χ2n) is 5.96. The lowest BCUT2D eigenvalue weighted by atomic mass is 10.1. The zero-order chi connectivity index (χ0) is 19.4. The Morgan fingerprint density at radius 2 is 1.48 bits per heavy atom. The molecular formula is C21H16ClFN2O2. The predicted molar refractivity (Wildman–Crippen MR) is 105 cm³/mol. The van der Waals surface area contributed by atoms with E-state index >= 15 is 0 Å². The van der Waals surface area contributed by atoms with Crippen molar-refractivity contribution in [2.24, 2.45) is 0 Å². The number of carbonyl (C=O) groups excluding carboxylic acids is 2. The first kappa shape index (κ1) is 18.6. The van der Waals surface area contributed by atoms with Gasteiger partial charge in [0.15, 0.2) is 0 Å². The van der Waals surface area contributed by atoms with Gasteiger partial charge in [0.25, 0.3) is 11.8 Å². The number of nitrogens with one attached hydrogen (secondary N) is 2. The second-order valence-corrected chi connectivity index (χ2v) is 6.39. The Bertz CT molecular complexity index is 1000. The molecule has 0 aliphatic carbocycles. The van der Waals surface area contributed by atoms with E-state index in [0.29, 0.717) is 27.5 Å². The topological polar surface area (TPSA) is 58.2 Å². The highest BCUT2D eigenvalue weighted by molar-refractivity contribution is 6.30. The van der Waals surface area contributed by atoms with Crippen LogP contribution in [0.25, 0.3) is 0 Å². The van der Waals surface area contributed by atoms with E-state index in [9.17, 15) is 14.0 Å². The fourth-order valence-electron chi connectivity index (χ4n) is 2.50. The largest absolute Gasteiger partial charge is 0.322 e. The van der Waals surface area contributed by atoms with Crippen LogP contribution in [-0.2, 0) is 0 Å². The molecule has 6 heteroatoms. The molecule has 0 aliphatic heterocycles. The Labute approximate surface area is 161 Å². The molecule has 0 saturated carbocycles. The number of aryl methyl sites for hydroxylation is 1. The summed E-state index contributed by atoms with van der Waals surface area (Å²) in [5, 5.41) is 6.06. The molecule has 2 amide bonds. The van der Waals surface area contributed by atoms with Gasteiger partial charge >= 0.3 is 0 Å². The van der Waals surface area contributed by atoms with Crippen molar-refractivity contribution >= 4 is 34.8 Å². The van der Waals surface area contributed by atoms with Gasteiger partial charge in [-0.3, -0.25) is 9.59 Å². The van der Waals surface area contributed by atoms with Crippen LogP contribution in [0.3, 0.4) is 0 Å². The quantitative estimate of drug-likeness (QED) is 0.644. The van der Waals surface area contributed by atoms with E-state index in [-0.39, 0.29) is 17.6 Å². The first-order valence-corrected chi connectivity index (χ1v) is 8.54. The van der Waals surface area contributed by atoms with Crippen LogP contribution >= 0.6 is 11.6 Å². The normalized spacial score (nSPS) is 10.3. The number of amides is 2. The number of halogens is 2. The molecule has 3 aromatic carbocycles. The van der Waals surface area contributed by atoms with Gasteiger partial charge in [0.2, 0.25) is 0 Å². The summed E-state index contributed by atoms with van der Waals surface area (Å²) in [6, 6.07) is 17.0. The molecule has 3 rings (SSSR count). The minimum Gasteiger partial charge on any atom is -0.322 e. The molecular weight excluding hydrogens is 367 g/mol. The molecule has 136 valence electrons. The average Bonchev–Trinajstić information content (AvgIpc) is 2.66. The number of hydrogen-bond donors (Lipinski definition) is 2. The summed E-state index contributed by atoms with van der Waals surface area (Å²) < 4.78 is 13.0. The van der Waals surface area contributed by atoms with Crippen molar-refractivity contribution in [3.05, 3.63) is 94.3 Å². The van der Waals surface area contributed by atoms with Crippen LogP contribution in [0.2, 0.25) is 5.02 Å². The maximum Gasteiger partial charge on any atom is 0.255 e.